The first-order valence-electron chi connectivity index (χ1n) is 6.99. The minimum Gasteiger partial charge on any atom is -0.478 e. The number of rotatable bonds is 5. The molecule has 22 heavy (non-hydrogen) atoms. The number of hydrogen-bond donors (Lipinski definition) is 2. The number of piperidine rings is 1. The Morgan fingerprint density at radius 1 is 1.41 bits per heavy atom. The van der Waals surface area contributed by atoms with Crippen molar-refractivity contribution >= 4 is 5.97 Å². The second kappa shape index (κ2) is 6.66. The van der Waals surface area contributed by atoms with Crippen LogP contribution in [0.15, 0.2) is 12.4 Å². The van der Waals surface area contributed by atoms with Crippen LogP contribution in [-0.4, -0.2) is 62.8 Å². The van der Waals surface area contributed by atoms with Crippen molar-refractivity contribution in [1.29, 1.82) is 0 Å². The van der Waals surface area contributed by atoms with Gasteiger partial charge in [0.05, 0.1) is 30.3 Å². The van der Waals surface area contributed by atoms with Crippen LogP contribution in [-0.2, 0) is 0 Å². The second-order valence-electron chi connectivity index (χ2n) is 5.52. The van der Waals surface area contributed by atoms with Crippen LogP contribution < -0.4 is 0 Å². The number of aromatic nitrogens is 2. The van der Waals surface area contributed by atoms with Crippen LogP contribution >= 0.6 is 0 Å². The third-order valence-corrected chi connectivity index (χ3v) is 3.72. The predicted molar refractivity (Wildman–Crippen MR) is 70.6 cm³/mol. The number of carbonyl (C=O) groups is 1. The van der Waals surface area contributed by atoms with Gasteiger partial charge in [0.1, 0.15) is 0 Å². The Kier molecular flexibility index (Phi) is 5.07. The lowest BCUT2D eigenvalue weighted by molar-refractivity contribution is -0.155. The van der Waals surface area contributed by atoms with Gasteiger partial charge in [0.25, 0.3) is 0 Å². The van der Waals surface area contributed by atoms with Gasteiger partial charge in [-0.3, -0.25) is 4.68 Å². The molecule has 6 nitrogen and oxygen atoms in total. The number of β-amino-alcohol motifs (C(OH)–C–C–N with tert-alkyl or cyclic N) is 1. The quantitative estimate of drug-likeness (QED) is 0.860. The molecule has 0 bridgehead atoms. The Balaban J connectivity index is 1.81. The Hall–Kier alpha value is -1.61. The minimum absolute atomic E-state index is 0.00822. The normalized spacial score (nSPS) is 19.3. The third kappa shape index (κ3) is 4.70. The van der Waals surface area contributed by atoms with Crippen molar-refractivity contribution in [3.05, 3.63) is 18.0 Å². The van der Waals surface area contributed by atoms with Gasteiger partial charge in [0.2, 0.25) is 0 Å². The van der Waals surface area contributed by atoms with E-state index in [2.05, 4.69) is 5.10 Å². The smallest absolute Gasteiger partial charge is 0.391 e. The fraction of sp³-hybridized carbons (Fsp3) is 0.692. The van der Waals surface area contributed by atoms with Crippen molar-refractivity contribution < 1.29 is 28.2 Å². The van der Waals surface area contributed by atoms with Gasteiger partial charge in [-0.1, -0.05) is 0 Å². The number of halogens is 3. The van der Waals surface area contributed by atoms with E-state index in [9.17, 15) is 23.1 Å². The number of hydrogen-bond acceptors (Lipinski definition) is 4. The highest BCUT2D eigenvalue weighted by atomic mass is 19.4. The zero-order chi connectivity index (χ0) is 16.3. The molecular formula is C13H18F3N3O3. The van der Waals surface area contributed by atoms with Crippen LogP contribution in [0.25, 0.3) is 0 Å². The van der Waals surface area contributed by atoms with Crippen LogP contribution in [0, 0.1) is 0 Å². The standard InChI is InChI=1S/C13H18F3N3O3/c14-13(15,16)5-11(20)8-18-3-1-10(2-4-18)19-7-9(6-17-19)12(21)22/h6-7,10-11,20H,1-5,8H2,(H,21,22). The van der Waals surface area contributed by atoms with Crippen molar-refractivity contribution in [3.8, 4) is 0 Å². The number of carboxylic acid groups (broad SMARTS) is 1. The van der Waals surface area contributed by atoms with Crippen LogP contribution in [0.5, 0.6) is 0 Å². The average molecular weight is 321 g/mol. The number of alkyl halides is 3. The largest absolute Gasteiger partial charge is 0.478 e. The van der Waals surface area contributed by atoms with Gasteiger partial charge in [-0.25, -0.2) is 4.79 Å². The van der Waals surface area contributed by atoms with Crippen LogP contribution in [0.4, 0.5) is 13.2 Å². The van der Waals surface area contributed by atoms with Gasteiger partial charge in [-0.2, -0.15) is 18.3 Å². The van der Waals surface area contributed by atoms with E-state index in [4.69, 9.17) is 5.11 Å². The summed E-state index contributed by atoms with van der Waals surface area (Å²) in [5.74, 6) is -1.04. The molecule has 2 rings (SSSR count). The lowest BCUT2D eigenvalue weighted by Gasteiger charge is -2.33. The first-order valence-corrected chi connectivity index (χ1v) is 6.99. The van der Waals surface area contributed by atoms with E-state index in [0.717, 1.165) is 0 Å². The summed E-state index contributed by atoms with van der Waals surface area (Å²) < 4.78 is 38.1. The molecule has 2 heterocycles. The predicted octanol–water partition coefficient (Wildman–Crippen LogP) is 1.53. The summed E-state index contributed by atoms with van der Waals surface area (Å²) in [6.45, 7) is 1.08. The van der Waals surface area contributed by atoms with Gasteiger partial charge in [-0.15, -0.1) is 0 Å². The molecule has 0 spiro atoms. The second-order valence-corrected chi connectivity index (χ2v) is 5.52. The maximum absolute atomic E-state index is 12.2. The molecule has 0 aromatic carbocycles. The SMILES string of the molecule is O=C(O)c1cnn(C2CCN(CC(O)CC(F)(F)F)CC2)c1. The summed E-state index contributed by atoms with van der Waals surface area (Å²) in [6, 6.07) is 0.0316. The van der Waals surface area contributed by atoms with E-state index in [1.807, 2.05) is 0 Å². The van der Waals surface area contributed by atoms with E-state index in [1.54, 1.807) is 9.58 Å². The summed E-state index contributed by atoms with van der Waals surface area (Å²) in [5, 5.41) is 22.3. The number of carboxylic acids is 1. The average Bonchev–Trinajstić information content (AvgIpc) is 2.87. The van der Waals surface area contributed by atoms with Crippen LogP contribution in [0.1, 0.15) is 35.7 Å². The maximum atomic E-state index is 12.2. The molecule has 0 amide bonds. The molecule has 1 fully saturated rings. The highest BCUT2D eigenvalue weighted by Crippen LogP contribution is 2.25. The van der Waals surface area contributed by atoms with Crippen molar-refractivity contribution in [2.24, 2.45) is 0 Å². The number of nitrogens with zero attached hydrogens (tertiary/aromatic N) is 3. The Bertz CT molecular complexity index is 510. The number of aromatic carboxylic acids is 1. The molecule has 124 valence electrons. The fourth-order valence-electron chi connectivity index (χ4n) is 2.64. The lowest BCUT2D eigenvalue weighted by atomic mass is 10.0. The molecule has 0 saturated carbocycles. The molecule has 1 aromatic rings. The molecule has 1 saturated heterocycles. The molecule has 9 heteroatoms. The summed E-state index contributed by atoms with van der Waals surface area (Å²) in [6.07, 6.45) is -2.93. The molecular weight excluding hydrogens is 303 g/mol. The minimum atomic E-state index is -4.36. The number of aliphatic hydroxyl groups excluding tert-OH is 1. The summed E-state index contributed by atoms with van der Waals surface area (Å²) in [5.41, 5.74) is 0.114. The van der Waals surface area contributed by atoms with E-state index in [1.165, 1.54) is 12.4 Å². The highest BCUT2D eigenvalue weighted by Gasteiger charge is 2.32. The number of aliphatic hydroxyl groups is 1. The Labute approximate surface area is 125 Å². The third-order valence-electron chi connectivity index (χ3n) is 3.72. The Morgan fingerprint density at radius 3 is 2.55 bits per heavy atom. The van der Waals surface area contributed by atoms with E-state index < -0.39 is 24.7 Å². The van der Waals surface area contributed by atoms with Crippen LogP contribution in [0.3, 0.4) is 0 Å². The van der Waals surface area contributed by atoms with E-state index in [0.29, 0.717) is 25.9 Å². The maximum Gasteiger partial charge on any atom is 0.391 e. The van der Waals surface area contributed by atoms with Crippen molar-refractivity contribution in [2.45, 2.75) is 37.6 Å². The highest BCUT2D eigenvalue weighted by molar-refractivity contribution is 5.86. The van der Waals surface area contributed by atoms with E-state index >= 15 is 0 Å². The Morgan fingerprint density at radius 2 is 2.05 bits per heavy atom. The monoisotopic (exact) mass is 321 g/mol. The van der Waals surface area contributed by atoms with Gasteiger partial charge in [0.15, 0.2) is 0 Å². The van der Waals surface area contributed by atoms with Gasteiger partial charge < -0.3 is 15.1 Å². The summed E-state index contributed by atoms with van der Waals surface area (Å²) in [4.78, 5) is 12.6. The zero-order valence-corrected chi connectivity index (χ0v) is 11.8. The van der Waals surface area contributed by atoms with Gasteiger partial charge in [-0.05, 0) is 12.8 Å². The number of likely N-dealkylation sites (tertiary alicyclic amines) is 1. The molecule has 1 unspecified atom stereocenters. The topological polar surface area (TPSA) is 78.6 Å². The molecule has 1 atom stereocenters. The van der Waals surface area contributed by atoms with Crippen molar-refractivity contribution in [2.75, 3.05) is 19.6 Å². The summed E-state index contributed by atoms with van der Waals surface area (Å²) in [7, 11) is 0. The first-order chi connectivity index (χ1) is 10.2. The molecule has 1 aliphatic rings. The molecule has 0 radical (unpaired) electrons. The molecule has 2 N–H and O–H groups in total. The van der Waals surface area contributed by atoms with Crippen molar-refractivity contribution in [1.82, 2.24) is 14.7 Å². The lowest BCUT2D eigenvalue weighted by Crippen LogP contribution is -2.40. The zero-order valence-electron chi connectivity index (χ0n) is 11.8. The van der Waals surface area contributed by atoms with Crippen molar-refractivity contribution in [3.63, 3.8) is 0 Å². The molecule has 1 aliphatic heterocycles. The van der Waals surface area contributed by atoms with Gasteiger partial charge in [0, 0.05) is 25.8 Å². The van der Waals surface area contributed by atoms with Crippen LogP contribution in [0.2, 0.25) is 0 Å². The first kappa shape index (κ1) is 16.8. The molecule has 1 aromatic heterocycles. The summed E-state index contributed by atoms with van der Waals surface area (Å²) >= 11 is 0. The fourth-order valence-corrected chi connectivity index (χ4v) is 2.64. The molecule has 0 aliphatic carbocycles. The van der Waals surface area contributed by atoms with E-state index in [-0.39, 0.29) is 18.2 Å². The van der Waals surface area contributed by atoms with Gasteiger partial charge >= 0.3 is 12.1 Å².